The number of amides is 3. The van der Waals surface area contributed by atoms with Gasteiger partial charge in [0.05, 0.1) is 0 Å². The number of benzene rings is 2. The molecular formula is C28H33FN4O3. The lowest BCUT2D eigenvalue weighted by Gasteiger charge is -2.33. The third kappa shape index (κ3) is 5.06. The molecule has 3 amide bonds. The number of carbonyl (C=O) groups is 3. The highest BCUT2D eigenvalue weighted by Crippen LogP contribution is 2.38. The second-order valence-corrected chi connectivity index (χ2v) is 10.5. The molecule has 2 aromatic rings. The molecule has 3 aliphatic rings. The molecule has 1 unspecified atom stereocenters. The first-order valence-electron chi connectivity index (χ1n) is 12.7. The molecule has 0 aromatic heterocycles. The number of rotatable bonds is 6. The number of hydrogen-bond donors (Lipinski definition) is 1. The van der Waals surface area contributed by atoms with Crippen LogP contribution < -0.4 is 5.32 Å². The van der Waals surface area contributed by atoms with Crippen molar-refractivity contribution in [2.24, 2.45) is 0 Å². The van der Waals surface area contributed by atoms with Crippen LogP contribution in [-0.2, 0) is 29.2 Å². The summed E-state index contributed by atoms with van der Waals surface area (Å²) < 4.78 is 14.6. The summed E-state index contributed by atoms with van der Waals surface area (Å²) in [6.07, 6.45) is 2.29. The Hall–Kier alpha value is -3.10. The third-order valence-corrected chi connectivity index (χ3v) is 7.61. The van der Waals surface area contributed by atoms with Gasteiger partial charge in [0.15, 0.2) is 0 Å². The van der Waals surface area contributed by atoms with E-state index in [2.05, 4.69) is 53.5 Å². The van der Waals surface area contributed by atoms with E-state index in [0.29, 0.717) is 12.0 Å². The molecule has 190 valence electrons. The topological polar surface area (TPSA) is 73.0 Å². The molecule has 0 spiro atoms. The van der Waals surface area contributed by atoms with E-state index in [9.17, 15) is 18.8 Å². The van der Waals surface area contributed by atoms with Crippen LogP contribution in [-0.4, -0.2) is 65.6 Å². The molecule has 8 heteroatoms. The van der Waals surface area contributed by atoms with Gasteiger partial charge in [0.2, 0.25) is 11.8 Å². The molecule has 0 saturated carbocycles. The fourth-order valence-corrected chi connectivity index (χ4v) is 5.79. The zero-order valence-electron chi connectivity index (χ0n) is 20.9. The Morgan fingerprint density at radius 2 is 1.69 bits per heavy atom. The Morgan fingerprint density at radius 3 is 2.36 bits per heavy atom. The lowest BCUT2D eigenvalue weighted by atomic mass is 9.85. The standard InChI is InChI=1S/C28H33FN4O3/c1-31(2)15-18-3-5-19(6-4-18)16-32-11-9-20(10-12-32)22-13-21(29)14-23-24(22)17-33(28(23)36)25-7-8-26(34)30-27(25)35/h3-6,13-14,20,25H,7-12,15-17H2,1-2H3,(H,30,34,35). The van der Waals surface area contributed by atoms with Crippen molar-refractivity contribution in [2.45, 2.75) is 57.3 Å². The van der Waals surface area contributed by atoms with Gasteiger partial charge < -0.3 is 9.80 Å². The third-order valence-electron chi connectivity index (χ3n) is 7.61. The van der Waals surface area contributed by atoms with Gasteiger partial charge in [0.25, 0.3) is 5.91 Å². The van der Waals surface area contributed by atoms with Crippen LogP contribution in [0.2, 0.25) is 0 Å². The Morgan fingerprint density at radius 1 is 1.00 bits per heavy atom. The van der Waals surface area contributed by atoms with Gasteiger partial charge in [-0.25, -0.2) is 4.39 Å². The molecule has 2 fully saturated rings. The molecule has 1 atom stereocenters. The van der Waals surface area contributed by atoms with Crippen molar-refractivity contribution in [1.82, 2.24) is 20.0 Å². The van der Waals surface area contributed by atoms with Crippen molar-refractivity contribution < 1.29 is 18.8 Å². The number of likely N-dealkylation sites (tertiary alicyclic amines) is 1. The van der Waals surface area contributed by atoms with Crippen molar-refractivity contribution in [3.8, 4) is 0 Å². The lowest BCUT2D eigenvalue weighted by Crippen LogP contribution is -2.52. The summed E-state index contributed by atoms with van der Waals surface area (Å²) in [7, 11) is 4.13. The molecule has 0 radical (unpaired) electrons. The smallest absolute Gasteiger partial charge is 0.255 e. The van der Waals surface area contributed by atoms with Crippen LogP contribution in [0.1, 0.15) is 64.2 Å². The Bertz CT molecular complexity index is 1170. The van der Waals surface area contributed by atoms with E-state index in [0.717, 1.165) is 50.1 Å². The highest BCUT2D eigenvalue weighted by Gasteiger charge is 2.41. The first-order valence-corrected chi connectivity index (χ1v) is 12.7. The van der Waals surface area contributed by atoms with Crippen molar-refractivity contribution >= 4 is 17.7 Å². The number of halogens is 1. The molecule has 2 saturated heterocycles. The Kier molecular flexibility index (Phi) is 6.90. The van der Waals surface area contributed by atoms with Gasteiger partial charge >= 0.3 is 0 Å². The summed E-state index contributed by atoms with van der Waals surface area (Å²) in [4.78, 5) is 43.1. The Balaban J connectivity index is 1.25. The summed E-state index contributed by atoms with van der Waals surface area (Å²) in [6.45, 7) is 3.90. The minimum Gasteiger partial charge on any atom is -0.322 e. The molecule has 0 aliphatic carbocycles. The lowest BCUT2D eigenvalue weighted by molar-refractivity contribution is -0.136. The fraction of sp³-hybridized carbons (Fsp3) is 0.464. The molecule has 1 N–H and O–H groups in total. The van der Waals surface area contributed by atoms with Gasteiger partial charge in [-0.2, -0.15) is 0 Å². The van der Waals surface area contributed by atoms with Gasteiger partial charge in [0, 0.05) is 31.6 Å². The predicted molar refractivity (Wildman–Crippen MR) is 134 cm³/mol. The van der Waals surface area contributed by atoms with Gasteiger partial charge in [-0.1, -0.05) is 24.3 Å². The van der Waals surface area contributed by atoms with Crippen LogP contribution in [0.3, 0.4) is 0 Å². The molecule has 36 heavy (non-hydrogen) atoms. The average molecular weight is 493 g/mol. The number of imide groups is 1. The summed E-state index contributed by atoms with van der Waals surface area (Å²) >= 11 is 0. The van der Waals surface area contributed by atoms with E-state index in [1.165, 1.54) is 22.1 Å². The number of nitrogens with one attached hydrogen (secondary N) is 1. The zero-order valence-corrected chi connectivity index (χ0v) is 20.9. The quantitative estimate of drug-likeness (QED) is 0.628. The summed E-state index contributed by atoms with van der Waals surface area (Å²) in [6, 6.07) is 10.9. The fourth-order valence-electron chi connectivity index (χ4n) is 5.79. The van der Waals surface area contributed by atoms with E-state index < -0.39 is 17.8 Å². The minimum absolute atomic E-state index is 0.169. The first kappa shape index (κ1) is 24.6. The number of hydrogen-bond acceptors (Lipinski definition) is 5. The van der Waals surface area contributed by atoms with E-state index in [4.69, 9.17) is 0 Å². The van der Waals surface area contributed by atoms with Gasteiger partial charge in [-0.15, -0.1) is 0 Å². The summed E-state index contributed by atoms with van der Waals surface area (Å²) in [5.41, 5.74) is 4.66. The monoisotopic (exact) mass is 492 g/mol. The molecule has 3 heterocycles. The van der Waals surface area contributed by atoms with E-state index in [-0.39, 0.29) is 30.7 Å². The van der Waals surface area contributed by atoms with E-state index in [1.54, 1.807) is 6.07 Å². The molecule has 0 bridgehead atoms. The normalized spacial score (nSPS) is 21.3. The molecule has 7 nitrogen and oxygen atoms in total. The predicted octanol–water partition coefficient (Wildman–Crippen LogP) is 3.03. The van der Waals surface area contributed by atoms with Crippen molar-refractivity contribution in [2.75, 3.05) is 27.2 Å². The number of nitrogens with zero attached hydrogens (tertiary/aromatic N) is 3. The SMILES string of the molecule is CN(C)Cc1ccc(CN2CCC(c3cc(F)cc4c3CN(C3CCC(=O)NC3=O)C4=O)CC2)cc1. The van der Waals surface area contributed by atoms with E-state index in [1.807, 2.05) is 0 Å². The van der Waals surface area contributed by atoms with Crippen LogP contribution in [0, 0.1) is 5.82 Å². The van der Waals surface area contributed by atoms with Gasteiger partial charge in [0.1, 0.15) is 11.9 Å². The zero-order chi connectivity index (χ0) is 25.4. The van der Waals surface area contributed by atoms with Crippen LogP contribution in [0.25, 0.3) is 0 Å². The van der Waals surface area contributed by atoms with Crippen molar-refractivity contribution in [3.05, 3.63) is 70.0 Å². The van der Waals surface area contributed by atoms with Crippen LogP contribution in [0.5, 0.6) is 0 Å². The summed E-state index contributed by atoms with van der Waals surface area (Å²) in [5, 5.41) is 2.33. The highest BCUT2D eigenvalue weighted by molar-refractivity contribution is 6.05. The number of fused-ring (bicyclic) bond motifs is 1. The molecule has 3 aliphatic heterocycles. The Labute approximate surface area is 211 Å². The van der Waals surface area contributed by atoms with Crippen LogP contribution in [0.4, 0.5) is 4.39 Å². The first-order chi connectivity index (χ1) is 17.3. The summed E-state index contributed by atoms with van der Waals surface area (Å²) in [5.74, 6) is -1.33. The van der Waals surface area contributed by atoms with Crippen LogP contribution in [0.15, 0.2) is 36.4 Å². The maximum Gasteiger partial charge on any atom is 0.255 e. The number of piperidine rings is 2. The molecule has 2 aromatic carbocycles. The van der Waals surface area contributed by atoms with Gasteiger partial charge in [-0.05, 0) is 86.8 Å². The molecule has 5 rings (SSSR count). The van der Waals surface area contributed by atoms with E-state index >= 15 is 0 Å². The highest BCUT2D eigenvalue weighted by atomic mass is 19.1. The second kappa shape index (κ2) is 10.1. The van der Waals surface area contributed by atoms with Crippen LogP contribution >= 0.6 is 0 Å². The van der Waals surface area contributed by atoms with Crippen molar-refractivity contribution in [3.63, 3.8) is 0 Å². The number of carbonyl (C=O) groups excluding carboxylic acids is 3. The van der Waals surface area contributed by atoms with Crippen molar-refractivity contribution in [1.29, 1.82) is 0 Å². The second-order valence-electron chi connectivity index (χ2n) is 10.5. The minimum atomic E-state index is -0.690. The maximum atomic E-state index is 14.6. The maximum absolute atomic E-state index is 14.6. The van der Waals surface area contributed by atoms with Gasteiger partial charge in [-0.3, -0.25) is 24.6 Å². The largest absolute Gasteiger partial charge is 0.322 e. The average Bonchev–Trinajstić information content (AvgIpc) is 3.16. The molecular weight excluding hydrogens is 459 g/mol.